The van der Waals surface area contributed by atoms with Gasteiger partial charge in [0.1, 0.15) is 0 Å². The molecule has 0 radical (unpaired) electrons. The summed E-state index contributed by atoms with van der Waals surface area (Å²) in [6.45, 7) is 8.00. The second kappa shape index (κ2) is 6.80. The molecule has 0 fully saturated rings. The molecular formula is C11H25N3O. The molecule has 0 aliphatic carbocycles. The largest absolute Gasteiger partial charge is 0.368 e. The fourth-order valence-electron chi connectivity index (χ4n) is 2.07. The lowest BCUT2D eigenvalue weighted by atomic mass is 10.1. The molecule has 90 valence electrons. The molecule has 0 saturated carbocycles. The second-order valence-corrected chi connectivity index (χ2v) is 4.27. The van der Waals surface area contributed by atoms with Gasteiger partial charge in [0.25, 0.3) is 0 Å². The van der Waals surface area contributed by atoms with Gasteiger partial charge in [-0.3, -0.25) is 9.69 Å². The number of primary amides is 1. The minimum atomic E-state index is -0.218. The molecule has 4 heteroatoms. The molecular weight excluding hydrogens is 190 g/mol. The first-order valence-corrected chi connectivity index (χ1v) is 5.63. The van der Waals surface area contributed by atoms with Gasteiger partial charge in [0.15, 0.2) is 0 Å². The number of nitrogens with zero attached hydrogens (tertiary/aromatic N) is 2. The lowest BCUT2D eigenvalue weighted by Crippen LogP contribution is -2.51. The lowest BCUT2D eigenvalue weighted by molar-refractivity contribution is -0.124. The Morgan fingerprint density at radius 3 is 2.13 bits per heavy atom. The number of carbonyl (C=O) groups is 1. The number of carbonyl (C=O) groups excluding carboxylic acids is 1. The predicted molar refractivity (Wildman–Crippen MR) is 63.7 cm³/mol. The molecule has 0 rings (SSSR count). The summed E-state index contributed by atoms with van der Waals surface area (Å²) in [4.78, 5) is 15.6. The fraction of sp³-hybridized carbons (Fsp3) is 0.909. The molecule has 2 N–H and O–H groups in total. The average Bonchev–Trinajstić information content (AvgIpc) is 2.11. The first kappa shape index (κ1) is 14.4. The van der Waals surface area contributed by atoms with Crippen LogP contribution in [-0.2, 0) is 4.79 Å². The van der Waals surface area contributed by atoms with Crippen LogP contribution in [0.2, 0.25) is 0 Å². The maximum absolute atomic E-state index is 11.3. The van der Waals surface area contributed by atoms with Crippen LogP contribution in [0, 0.1) is 0 Å². The molecule has 2 unspecified atom stereocenters. The van der Waals surface area contributed by atoms with Crippen molar-refractivity contribution in [3.8, 4) is 0 Å². The highest BCUT2D eigenvalue weighted by Gasteiger charge is 2.25. The minimum absolute atomic E-state index is 0.134. The molecule has 0 spiro atoms. The lowest BCUT2D eigenvalue weighted by Gasteiger charge is -2.34. The zero-order chi connectivity index (χ0) is 12.0. The second-order valence-electron chi connectivity index (χ2n) is 4.27. The van der Waals surface area contributed by atoms with E-state index in [4.69, 9.17) is 5.73 Å². The van der Waals surface area contributed by atoms with Crippen LogP contribution in [0.15, 0.2) is 0 Å². The minimum Gasteiger partial charge on any atom is -0.368 e. The normalized spacial score (nSPS) is 15.7. The number of rotatable bonds is 7. The average molecular weight is 215 g/mol. The monoisotopic (exact) mass is 215 g/mol. The van der Waals surface area contributed by atoms with Gasteiger partial charge < -0.3 is 10.6 Å². The topological polar surface area (TPSA) is 49.6 Å². The molecule has 2 atom stereocenters. The van der Waals surface area contributed by atoms with Crippen LogP contribution in [0.3, 0.4) is 0 Å². The van der Waals surface area contributed by atoms with Gasteiger partial charge in [-0.05, 0) is 34.0 Å². The van der Waals surface area contributed by atoms with Crippen molar-refractivity contribution < 1.29 is 4.79 Å². The van der Waals surface area contributed by atoms with Gasteiger partial charge in [-0.2, -0.15) is 0 Å². The molecule has 0 bridgehead atoms. The van der Waals surface area contributed by atoms with Crippen molar-refractivity contribution in [3.63, 3.8) is 0 Å². The Labute approximate surface area is 93.4 Å². The van der Waals surface area contributed by atoms with Crippen molar-refractivity contribution in [1.82, 2.24) is 9.80 Å². The highest BCUT2D eigenvalue weighted by molar-refractivity contribution is 5.79. The molecule has 0 aromatic heterocycles. The van der Waals surface area contributed by atoms with E-state index in [1.807, 2.05) is 21.0 Å². The third kappa shape index (κ3) is 4.62. The maximum atomic E-state index is 11.3. The highest BCUT2D eigenvalue weighted by atomic mass is 16.1. The van der Waals surface area contributed by atoms with E-state index in [2.05, 4.69) is 23.6 Å². The summed E-state index contributed by atoms with van der Waals surface area (Å²) in [6, 6.07) is 0.215. The molecule has 0 aromatic carbocycles. The Hall–Kier alpha value is -0.610. The zero-order valence-corrected chi connectivity index (χ0v) is 10.7. The Morgan fingerprint density at radius 2 is 1.87 bits per heavy atom. The van der Waals surface area contributed by atoms with Crippen molar-refractivity contribution >= 4 is 5.91 Å². The summed E-state index contributed by atoms with van der Waals surface area (Å²) in [5.74, 6) is -0.218. The van der Waals surface area contributed by atoms with Crippen LogP contribution in [0.1, 0.15) is 27.2 Å². The van der Waals surface area contributed by atoms with Crippen LogP contribution in [0.4, 0.5) is 0 Å². The SMILES string of the molecule is CCC(C(N)=O)N(CC)C(C)CN(C)C. The summed E-state index contributed by atoms with van der Waals surface area (Å²) in [7, 11) is 4.07. The van der Waals surface area contributed by atoms with Gasteiger partial charge in [0, 0.05) is 12.6 Å². The van der Waals surface area contributed by atoms with Gasteiger partial charge >= 0.3 is 0 Å². The van der Waals surface area contributed by atoms with E-state index in [0.717, 1.165) is 19.5 Å². The van der Waals surface area contributed by atoms with Gasteiger partial charge in [-0.15, -0.1) is 0 Å². The third-order valence-corrected chi connectivity index (χ3v) is 2.68. The molecule has 1 amide bonds. The van der Waals surface area contributed by atoms with Crippen LogP contribution in [0.5, 0.6) is 0 Å². The first-order chi connectivity index (χ1) is 6.93. The predicted octanol–water partition coefficient (Wildman–Crippen LogP) is 0.522. The van der Waals surface area contributed by atoms with Crippen molar-refractivity contribution in [2.45, 2.75) is 39.3 Å². The fourth-order valence-corrected chi connectivity index (χ4v) is 2.07. The van der Waals surface area contributed by atoms with E-state index in [9.17, 15) is 4.79 Å². The van der Waals surface area contributed by atoms with Crippen molar-refractivity contribution in [1.29, 1.82) is 0 Å². The summed E-state index contributed by atoms with van der Waals surface area (Å²) < 4.78 is 0. The van der Waals surface area contributed by atoms with Crippen LogP contribution in [0.25, 0.3) is 0 Å². The summed E-state index contributed by atoms with van der Waals surface area (Å²) in [6.07, 6.45) is 0.779. The van der Waals surface area contributed by atoms with Crippen molar-refractivity contribution in [3.05, 3.63) is 0 Å². The van der Waals surface area contributed by atoms with Gasteiger partial charge in [-0.25, -0.2) is 0 Å². The van der Waals surface area contributed by atoms with Crippen LogP contribution < -0.4 is 5.73 Å². The quantitative estimate of drug-likeness (QED) is 0.673. The Morgan fingerprint density at radius 1 is 1.33 bits per heavy atom. The number of hydrogen-bond acceptors (Lipinski definition) is 3. The van der Waals surface area contributed by atoms with Gasteiger partial charge in [0.2, 0.25) is 5.91 Å². The zero-order valence-electron chi connectivity index (χ0n) is 10.7. The smallest absolute Gasteiger partial charge is 0.234 e. The summed E-state index contributed by atoms with van der Waals surface area (Å²) >= 11 is 0. The van der Waals surface area contributed by atoms with E-state index < -0.39 is 0 Å². The summed E-state index contributed by atoms with van der Waals surface area (Å²) in [5, 5.41) is 0. The molecule has 0 aliphatic heterocycles. The number of amides is 1. The molecule has 0 aromatic rings. The first-order valence-electron chi connectivity index (χ1n) is 5.63. The number of hydrogen-bond donors (Lipinski definition) is 1. The molecule has 4 nitrogen and oxygen atoms in total. The Balaban J connectivity index is 4.50. The Kier molecular flexibility index (Phi) is 6.52. The maximum Gasteiger partial charge on any atom is 0.234 e. The molecule has 0 saturated heterocycles. The van der Waals surface area contributed by atoms with Crippen LogP contribution >= 0.6 is 0 Å². The highest BCUT2D eigenvalue weighted by Crippen LogP contribution is 2.09. The standard InChI is InChI=1S/C11H25N3O/c1-6-10(11(12)15)14(7-2)9(3)8-13(4)5/h9-10H,6-8H2,1-5H3,(H2,12,15). The van der Waals surface area contributed by atoms with Gasteiger partial charge in [-0.1, -0.05) is 13.8 Å². The van der Waals surface area contributed by atoms with E-state index in [1.165, 1.54) is 0 Å². The molecule has 0 aliphatic rings. The van der Waals surface area contributed by atoms with E-state index in [0.29, 0.717) is 6.04 Å². The molecule has 0 heterocycles. The van der Waals surface area contributed by atoms with E-state index in [1.54, 1.807) is 0 Å². The summed E-state index contributed by atoms with van der Waals surface area (Å²) in [5.41, 5.74) is 5.40. The van der Waals surface area contributed by atoms with E-state index in [-0.39, 0.29) is 11.9 Å². The van der Waals surface area contributed by atoms with E-state index >= 15 is 0 Å². The Bertz CT molecular complexity index is 194. The van der Waals surface area contributed by atoms with Crippen molar-refractivity contribution in [2.24, 2.45) is 5.73 Å². The van der Waals surface area contributed by atoms with Crippen molar-refractivity contribution in [2.75, 3.05) is 27.2 Å². The number of nitrogens with two attached hydrogens (primary N) is 1. The van der Waals surface area contributed by atoms with Gasteiger partial charge in [0.05, 0.1) is 6.04 Å². The third-order valence-electron chi connectivity index (χ3n) is 2.68. The number of likely N-dealkylation sites (N-methyl/N-ethyl adjacent to an activating group) is 2. The van der Waals surface area contributed by atoms with Crippen LogP contribution in [-0.4, -0.2) is 55.0 Å². The molecule has 15 heavy (non-hydrogen) atoms.